The van der Waals surface area contributed by atoms with E-state index < -0.39 is 0 Å². The Hall–Kier alpha value is -2.60. The monoisotopic (exact) mass is 425 g/mol. The number of rotatable bonds is 10. The molecule has 3 rings (SSSR count). The van der Waals surface area contributed by atoms with Crippen molar-refractivity contribution < 1.29 is 14.3 Å². The number of piperidine rings is 1. The molecule has 168 valence electrons. The third kappa shape index (κ3) is 6.44. The molecule has 0 bridgehead atoms. The molecule has 2 aromatic rings. The second-order valence-electron chi connectivity index (χ2n) is 8.13. The van der Waals surface area contributed by atoms with Crippen molar-refractivity contribution in [2.45, 2.75) is 45.1 Å². The number of methoxy groups -OCH3 is 1. The second-order valence-corrected chi connectivity index (χ2v) is 8.13. The van der Waals surface area contributed by atoms with Crippen molar-refractivity contribution in [2.75, 3.05) is 40.4 Å². The number of likely N-dealkylation sites (tertiary alicyclic amines) is 1. The molecule has 1 aliphatic heterocycles. The summed E-state index contributed by atoms with van der Waals surface area (Å²) in [6.45, 7) is 5.80. The van der Waals surface area contributed by atoms with Crippen molar-refractivity contribution in [3.05, 3.63) is 53.9 Å². The van der Waals surface area contributed by atoms with Crippen molar-refractivity contribution in [2.24, 2.45) is 0 Å². The Balaban J connectivity index is 1.52. The van der Waals surface area contributed by atoms with Crippen LogP contribution in [0.4, 0.5) is 0 Å². The number of carbonyl (C=O) groups is 1. The third-order valence-corrected chi connectivity index (χ3v) is 6.00. The van der Waals surface area contributed by atoms with Crippen molar-refractivity contribution in [1.29, 1.82) is 0 Å². The molecule has 6 heteroatoms. The highest BCUT2D eigenvalue weighted by atomic mass is 16.5. The maximum atomic E-state index is 13.1. The number of aromatic nitrogens is 1. The molecule has 1 saturated heterocycles. The quantitative estimate of drug-likeness (QED) is 0.538. The van der Waals surface area contributed by atoms with E-state index in [-0.39, 0.29) is 11.9 Å². The maximum absolute atomic E-state index is 13.1. The van der Waals surface area contributed by atoms with Gasteiger partial charge in [-0.3, -0.25) is 9.78 Å². The minimum absolute atomic E-state index is 0.0327. The number of benzene rings is 1. The van der Waals surface area contributed by atoms with E-state index >= 15 is 0 Å². The van der Waals surface area contributed by atoms with E-state index in [0.29, 0.717) is 23.7 Å². The van der Waals surface area contributed by atoms with E-state index in [2.05, 4.69) is 22.9 Å². The van der Waals surface area contributed by atoms with E-state index in [9.17, 15) is 4.79 Å². The van der Waals surface area contributed by atoms with Crippen LogP contribution in [0.2, 0.25) is 0 Å². The van der Waals surface area contributed by atoms with E-state index in [4.69, 9.17) is 9.47 Å². The lowest BCUT2D eigenvalue weighted by molar-refractivity contribution is 0.0643. The van der Waals surface area contributed by atoms with Crippen LogP contribution in [0.25, 0.3) is 0 Å². The molecule has 1 amide bonds. The highest BCUT2D eigenvalue weighted by Gasteiger charge is 2.26. The number of pyridine rings is 1. The first-order valence-corrected chi connectivity index (χ1v) is 11.3. The summed E-state index contributed by atoms with van der Waals surface area (Å²) in [5, 5.41) is 0. The van der Waals surface area contributed by atoms with Gasteiger partial charge in [-0.25, -0.2) is 0 Å². The lowest BCUT2D eigenvalue weighted by atomic mass is 10.0. The Kier molecular flexibility index (Phi) is 8.71. The Morgan fingerprint density at radius 3 is 2.68 bits per heavy atom. The van der Waals surface area contributed by atoms with Gasteiger partial charge < -0.3 is 19.3 Å². The lowest BCUT2D eigenvalue weighted by Crippen LogP contribution is -2.46. The van der Waals surface area contributed by atoms with Crippen LogP contribution in [0.15, 0.2) is 42.6 Å². The normalized spacial score (nSPS) is 14.9. The van der Waals surface area contributed by atoms with Gasteiger partial charge in [0.25, 0.3) is 5.91 Å². The SMILES string of the molecule is CCCCOc1ccc(C(=O)N(C)C2CCN(CCc3ccccn3)CC2)cc1OC. The predicted molar refractivity (Wildman–Crippen MR) is 123 cm³/mol. The van der Waals surface area contributed by atoms with Gasteiger partial charge in [0.05, 0.1) is 13.7 Å². The second kappa shape index (κ2) is 11.7. The van der Waals surface area contributed by atoms with Crippen LogP contribution in [0.5, 0.6) is 11.5 Å². The minimum atomic E-state index is 0.0327. The zero-order chi connectivity index (χ0) is 22.1. The van der Waals surface area contributed by atoms with Gasteiger partial charge in [0.15, 0.2) is 11.5 Å². The van der Waals surface area contributed by atoms with Crippen LogP contribution in [-0.4, -0.2) is 67.1 Å². The summed E-state index contributed by atoms with van der Waals surface area (Å²) in [6.07, 6.45) is 6.85. The van der Waals surface area contributed by atoms with Crippen LogP contribution in [0.1, 0.15) is 48.7 Å². The fourth-order valence-electron chi connectivity index (χ4n) is 3.96. The molecule has 0 saturated carbocycles. The van der Waals surface area contributed by atoms with E-state index in [1.165, 1.54) is 0 Å². The van der Waals surface area contributed by atoms with Crippen LogP contribution >= 0.6 is 0 Å². The number of hydrogen-bond acceptors (Lipinski definition) is 5. The van der Waals surface area contributed by atoms with Crippen LogP contribution in [0, 0.1) is 0 Å². The number of hydrogen-bond donors (Lipinski definition) is 0. The molecule has 0 aliphatic carbocycles. The van der Waals surface area contributed by atoms with Gasteiger partial charge in [0, 0.05) is 56.6 Å². The number of carbonyl (C=O) groups excluding carboxylic acids is 1. The molecule has 1 aliphatic rings. The summed E-state index contributed by atoms with van der Waals surface area (Å²) in [5.74, 6) is 1.33. The first kappa shape index (κ1) is 23.1. The van der Waals surface area contributed by atoms with Crippen molar-refractivity contribution >= 4 is 5.91 Å². The number of nitrogens with zero attached hydrogens (tertiary/aromatic N) is 3. The summed E-state index contributed by atoms with van der Waals surface area (Å²) >= 11 is 0. The molecule has 1 fully saturated rings. The summed E-state index contributed by atoms with van der Waals surface area (Å²) < 4.78 is 11.2. The van der Waals surface area contributed by atoms with Crippen LogP contribution < -0.4 is 9.47 Å². The molecular weight excluding hydrogens is 390 g/mol. The molecule has 0 radical (unpaired) electrons. The van der Waals surface area contributed by atoms with E-state index in [1.54, 1.807) is 13.2 Å². The average Bonchev–Trinajstić information content (AvgIpc) is 2.83. The molecule has 1 aromatic heterocycles. The largest absolute Gasteiger partial charge is 0.493 e. The van der Waals surface area contributed by atoms with E-state index in [1.807, 2.05) is 42.4 Å². The molecule has 1 aromatic carbocycles. The summed E-state index contributed by atoms with van der Waals surface area (Å²) in [6, 6.07) is 11.8. The average molecular weight is 426 g/mol. The van der Waals surface area contributed by atoms with Gasteiger partial charge in [0.1, 0.15) is 0 Å². The van der Waals surface area contributed by atoms with Gasteiger partial charge in [-0.2, -0.15) is 0 Å². The number of ether oxygens (including phenoxy) is 2. The molecule has 31 heavy (non-hydrogen) atoms. The predicted octanol–water partition coefficient (Wildman–Crippen LogP) is 4.05. The molecule has 0 N–H and O–H groups in total. The van der Waals surface area contributed by atoms with Gasteiger partial charge in [0.2, 0.25) is 0 Å². The van der Waals surface area contributed by atoms with Gasteiger partial charge in [-0.1, -0.05) is 19.4 Å². The maximum Gasteiger partial charge on any atom is 0.253 e. The molecule has 0 spiro atoms. The number of unbranched alkanes of at least 4 members (excludes halogenated alkanes) is 1. The summed E-state index contributed by atoms with van der Waals surface area (Å²) in [4.78, 5) is 21.8. The highest BCUT2D eigenvalue weighted by Crippen LogP contribution is 2.29. The summed E-state index contributed by atoms with van der Waals surface area (Å²) in [7, 11) is 3.52. The topological polar surface area (TPSA) is 54.9 Å². The molecule has 6 nitrogen and oxygen atoms in total. The molecule has 0 unspecified atom stereocenters. The van der Waals surface area contributed by atoms with Crippen LogP contribution in [0.3, 0.4) is 0 Å². The Morgan fingerprint density at radius 1 is 1.19 bits per heavy atom. The fourth-order valence-corrected chi connectivity index (χ4v) is 3.96. The fraction of sp³-hybridized carbons (Fsp3) is 0.520. The van der Waals surface area contributed by atoms with Gasteiger partial charge >= 0.3 is 0 Å². The zero-order valence-electron chi connectivity index (χ0n) is 19.0. The first-order valence-electron chi connectivity index (χ1n) is 11.3. The van der Waals surface area contributed by atoms with Crippen molar-refractivity contribution in [3.63, 3.8) is 0 Å². The Bertz CT molecular complexity index is 820. The number of amides is 1. The van der Waals surface area contributed by atoms with Crippen LogP contribution in [-0.2, 0) is 6.42 Å². The Morgan fingerprint density at radius 2 is 2.00 bits per heavy atom. The minimum Gasteiger partial charge on any atom is -0.493 e. The van der Waals surface area contributed by atoms with Crippen molar-refractivity contribution in [3.8, 4) is 11.5 Å². The smallest absolute Gasteiger partial charge is 0.253 e. The third-order valence-electron chi connectivity index (χ3n) is 6.00. The summed E-state index contributed by atoms with van der Waals surface area (Å²) in [5.41, 5.74) is 1.77. The molecule has 0 atom stereocenters. The first-order chi connectivity index (χ1) is 15.1. The highest BCUT2D eigenvalue weighted by molar-refractivity contribution is 5.95. The van der Waals surface area contributed by atoms with Gasteiger partial charge in [-0.15, -0.1) is 0 Å². The standard InChI is InChI=1S/C25H35N3O3/c1-4-5-18-31-23-10-9-20(19-24(23)30-3)25(29)27(2)22-12-16-28(17-13-22)15-11-21-8-6-7-14-26-21/h6-10,14,19,22H,4-5,11-13,15-18H2,1-3H3. The van der Waals surface area contributed by atoms with Gasteiger partial charge in [-0.05, 0) is 49.6 Å². The molecule has 2 heterocycles. The lowest BCUT2D eigenvalue weighted by Gasteiger charge is -2.36. The zero-order valence-corrected chi connectivity index (χ0v) is 19.0. The molecular formula is C25H35N3O3. The Labute approximate surface area is 186 Å². The van der Waals surface area contributed by atoms with E-state index in [0.717, 1.165) is 57.4 Å². The van der Waals surface area contributed by atoms with Crippen molar-refractivity contribution in [1.82, 2.24) is 14.8 Å².